The summed E-state index contributed by atoms with van der Waals surface area (Å²) in [5, 5.41) is 0. The normalized spacial score (nSPS) is 20.3. The minimum atomic E-state index is -3.68. The Morgan fingerprint density at radius 3 is 2.34 bits per heavy atom. The average Bonchev–Trinajstić information content (AvgIpc) is 2.78. The molecule has 1 unspecified atom stereocenters. The smallest absolute Gasteiger partial charge is 0.240 e. The van der Waals surface area contributed by atoms with E-state index in [2.05, 4.69) is 25.5 Å². The van der Waals surface area contributed by atoms with E-state index in [1.807, 2.05) is 17.0 Å². The third kappa shape index (κ3) is 6.30. The minimum Gasteiger partial charge on any atom is -0.378 e. The van der Waals surface area contributed by atoms with Gasteiger partial charge in [-0.05, 0) is 36.0 Å². The Hall–Kier alpha value is -1.97. The molecule has 1 aromatic rings. The van der Waals surface area contributed by atoms with E-state index >= 15 is 0 Å². The van der Waals surface area contributed by atoms with Crippen LogP contribution in [0.25, 0.3) is 0 Å². The fraction of sp³-hybridized carbons (Fsp3) is 0.652. The zero-order valence-corrected chi connectivity index (χ0v) is 20.1. The summed E-state index contributed by atoms with van der Waals surface area (Å²) in [5.41, 5.74) is 0.996. The lowest BCUT2D eigenvalue weighted by atomic mass is 9.87. The Morgan fingerprint density at radius 1 is 1.06 bits per heavy atom. The molecule has 2 heterocycles. The van der Waals surface area contributed by atoms with Crippen LogP contribution >= 0.6 is 0 Å². The summed E-state index contributed by atoms with van der Waals surface area (Å²) in [7, 11) is -3.68. The van der Waals surface area contributed by atoms with Crippen LogP contribution in [0.2, 0.25) is 0 Å². The van der Waals surface area contributed by atoms with Gasteiger partial charge in [-0.25, -0.2) is 13.1 Å². The summed E-state index contributed by atoms with van der Waals surface area (Å²) >= 11 is 0. The number of ether oxygens (including phenoxy) is 1. The summed E-state index contributed by atoms with van der Waals surface area (Å²) in [4.78, 5) is 29.1. The van der Waals surface area contributed by atoms with Gasteiger partial charge in [-0.3, -0.25) is 9.59 Å². The number of nitrogens with zero attached hydrogens (tertiary/aromatic N) is 2. The number of morpholine rings is 1. The molecule has 3 rings (SSSR count). The molecule has 1 N–H and O–H groups in total. The van der Waals surface area contributed by atoms with Crippen molar-refractivity contribution in [2.24, 2.45) is 5.92 Å². The Balaban J connectivity index is 1.49. The molecule has 32 heavy (non-hydrogen) atoms. The maximum absolute atomic E-state index is 12.8. The number of amides is 2. The number of rotatable bonds is 6. The monoisotopic (exact) mass is 465 g/mol. The lowest BCUT2D eigenvalue weighted by Crippen LogP contribution is -2.49. The second kappa shape index (κ2) is 10.3. The molecule has 2 saturated heterocycles. The molecule has 0 saturated carbocycles. The van der Waals surface area contributed by atoms with E-state index in [4.69, 9.17) is 4.74 Å². The molecule has 9 heteroatoms. The average molecular weight is 466 g/mol. The first-order chi connectivity index (χ1) is 15.1. The number of hydrogen-bond donors (Lipinski definition) is 1. The van der Waals surface area contributed by atoms with Gasteiger partial charge in [0.15, 0.2) is 0 Å². The summed E-state index contributed by atoms with van der Waals surface area (Å²) in [6.45, 7) is 9.55. The van der Waals surface area contributed by atoms with Gasteiger partial charge in [0.2, 0.25) is 21.8 Å². The molecule has 0 aromatic heterocycles. The molecule has 1 aromatic carbocycles. The standard InChI is InChI=1S/C23H35N3O5S/c1-23(2,3)19-6-8-20(9-7-19)32(29,30)24-11-10-21(27)26-12-4-5-18(17-26)22(28)25-13-15-31-16-14-25/h6-9,18,24H,4-5,10-17H2,1-3H3. The van der Waals surface area contributed by atoms with E-state index in [-0.39, 0.29) is 41.0 Å². The van der Waals surface area contributed by atoms with Crippen molar-refractivity contribution in [1.82, 2.24) is 14.5 Å². The summed E-state index contributed by atoms with van der Waals surface area (Å²) in [6, 6.07) is 6.83. The van der Waals surface area contributed by atoms with Crippen molar-refractivity contribution in [2.75, 3.05) is 45.9 Å². The fourth-order valence-electron chi connectivity index (χ4n) is 4.12. The molecule has 0 bridgehead atoms. The van der Waals surface area contributed by atoms with Crippen LogP contribution in [0.4, 0.5) is 0 Å². The van der Waals surface area contributed by atoms with Crippen molar-refractivity contribution in [3.05, 3.63) is 29.8 Å². The molecule has 178 valence electrons. The molecular weight excluding hydrogens is 430 g/mol. The molecule has 1 atom stereocenters. The highest BCUT2D eigenvalue weighted by Crippen LogP contribution is 2.23. The molecule has 2 fully saturated rings. The van der Waals surface area contributed by atoms with Crippen LogP contribution in [-0.4, -0.2) is 76.0 Å². The number of piperidine rings is 1. The van der Waals surface area contributed by atoms with Crippen molar-refractivity contribution in [3.63, 3.8) is 0 Å². The molecule has 8 nitrogen and oxygen atoms in total. The first-order valence-electron chi connectivity index (χ1n) is 11.3. The maximum Gasteiger partial charge on any atom is 0.240 e. The fourth-order valence-corrected chi connectivity index (χ4v) is 5.15. The SMILES string of the molecule is CC(C)(C)c1ccc(S(=O)(=O)NCCC(=O)N2CCCC(C(=O)N3CCOCC3)C2)cc1. The highest BCUT2D eigenvalue weighted by Gasteiger charge is 2.31. The van der Waals surface area contributed by atoms with E-state index in [9.17, 15) is 18.0 Å². The number of sulfonamides is 1. The lowest BCUT2D eigenvalue weighted by Gasteiger charge is -2.36. The number of benzene rings is 1. The van der Waals surface area contributed by atoms with Crippen molar-refractivity contribution >= 4 is 21.8 Å². The van der Waals surface area contributed by atoms with Gasteiger partial charge in [-0.1, -0.05) is 32.9 Å². The highest BCUT2D eigenvalue weighted by molar-refractivity contribution is 7.89. The van der Waals surface area contributed by atoms with Crippen molar-refractivity contribution in [3.8, 4) is 0 Å². The third-order valence-electron chi connectivity index (χ3n) is 6.11. The summed E-state index contributed by atoms with van der Waals surface area (Å²) in [5.74, 6) is -0.232. The van der Waals surface area contributed by atoms with Crippen LogP contribution in [0.15, 0.2) is 29.2 Å². The van der Waals surface area contributed by atoms with Gasteiger partial charge in [-0.2, -0.15) is 0 Å². The molecule has 0 radical (unpaired) electrons. The Bertz CT molecular complexity index is 903. The second-order valence-electron chi connectivity index (χ2n) is 9.54. The molecule has 0 spiro atoms. The number of carbonyl (C=O) groups excluding carboxylic acids is 2. The zero-order chi connectivity index (χ0) is 23.4. The van der Waals surface area contributed by atoms with E-state index < -0.39 is 10.0 Å². The quantitative estimate of drug-likeness (QED) is 0.691. The summed E-state index contributed by atoms with van der Waals surface area (Å²) < 4.78 is 33.0. The van der Waals surface area contributed by atoms with Gasteiger partial charge >= 0.3 is 0 Å². The van der Waals surface area contributed by atoms with E-state index in [1.54, 1.807) is 17.0 Å². The largest absolute Gasteiger partial charge is 0.378 e. The lowest BCUT2D eigenvalue weighted by molar-refractivity contribution is -0.143. The van der Waals surface area contributed by atoms with Gasteiger partial charge in [0.25, 0.3) is 0 Å². The number of likely N-dealkylation sites (tertiary alicyclic amines) is 1. The highest BCUT2D eigenvalue weighted by atomic mass is 32.2. The zero-order valence-electron chi connectivity index (χ0n) is 19.3. The van der Waals surface area contributed by atoms with Crippen LogP contribution < -0.4 is 4.72 Å². The third-order valence-corrected chi connectivity index (χ3v) is 7.58. The predicted molar refractivity (Wildman–Crippen MR) is 122 cm³/mol. The van der Waals surface area contributed by atoms with Gasteiger partial charge in [-0.15, -0.1) is 0 Å². The van der Waals surface area contributed by atoms with Gasteiger partial charge < -0.3 is 14.5 Å². The number of hydrogen-bond acceptors (Lipinski definition) is 5. The van der Waals surface area contributed by atoms with Gasteiger partial charge in [0.1, 0.15) is 0 Å². The molecule has 2 aliphatic rings. The van der Waals surface area contributed by atoms with Crippen LogP contribution in [0.5, 0.6) is 0 Å². The topological polar surface area (TPSA) is 96.0 Å². The Labute approximate surface area is 191 Å². The first-order valence-corrected chi connectivity index (χ1v) is 12.8. The minimum absolute atomic E-state index is 0.0285. The first kappa shape index (κ1) is 24.7. The number of nitrogens with one attached hydrogen (secondary N) is 1. The number of carbonyl (C=O) groups is 2. The van der Waals surface area contributed by atoms with Gasteiger partial charge in [0.05, 0.1) is 24.0 Å². The van der Waals surface area contributed by atoms with Crippen LogP contribution in [0, 0.1) is 5.92 Å². The van der Waals surface area contributed by atoms with Gasteiger partial charge in [0, 0.05) is 39.1 Å². The van der Waals surface area contributed by atoms with Crippen LogP contribution in [-0.2, 0) is 29.8 Å². The van der Waals surface area contributed by atoms with E-state index in [0.29, 0.717) is 39.4 Å². The maximum atomic E-state index is 12.8. The van der Waals surface area contributed by atoms with E-state index in [0.717, 1.165) is 18.4 Å². The van der Waals surface area contributed by atoms with Crippen molar-refractivity contribution in [1.29, 1.82) is 0 Å². The van der Waals surface area contributed by atoms with Crippen molar-refractivity contribution in [2.45, 2.75) is 50.3 Å². The summed E-state index contributed by atoms with van der Waals surface area (Å²) in [6.07, 6.45) is 1.62. The molecule has 2 aliphatic heterocycles. The van der Waals surface area contributed by atoms with Crippen LogP contribution in [0.1, 0.15) is 45.6 Å². The molecule has 2 amide bonds. The van der Waals surface area contributed by atoms with Crippen LogP contribution in [0.3, 0.4) is 0 Å². The molecule has 0 aliphatic carbocycles. The predicted octanol–water partition coefficient (Wildman–Crippen LogP) is 1.75. The second-order valence-corrected chi connectivity index (χ2v) is 11.3. The Kier molecular flexibility index (Phi) is 7.95. The molecular formula is C23H35N3O5S. The Morgan fingerprint density at radius 2 is 1.72 bits per heavy atom. The van der Waals surface area contributed by atoms with E-state index in [1.165, 1.54) is 0 Å². The van der Waals surface area contributed by atoms with Crippen molar-refractivity contribution < 1.29 is 22.7 Å².